The van der Waals surface area contributed by atoms with Crippen LogP contribution in [0.25, 0.3) is 0 Å². The number of likely N-dealkylation sites (tertiary alicyclic amines) is 1. The van der Waals surface area contributed by atoms with Gasteiger partial charge >= 0.3 is 12.2 Å². The van der Waals surface area contributed by atoms with Gasteiger partial charge in [-0.3, -0.25) is 19.8 Å². The Balaban J connectivity index is 1.35. The highest BCUT2D eigenvalue weighted by Crippen LogP contribution is 2.30. The smallest absolute Gasteiger partial charge is 0.342 e. The largest absolute Gasteiger partial charge is 0.416 e. The first-order valence-electron chi connectivity index (χ1n) is 10.5. The highest BCUT2D eigenvalue weighted by molar-refractivity contribution is 5.99. The molecule has 2 N–H and O–H groups in total. The van der Waals surface area contributed by atoms with E-state index in [1.165, 1.54) is 17.0 Å². The molecule has 0 aliphatic carbocycles. The van der Waals surface area contributed by atoms with Crippen LogP contribution in [0.5, 0.6) is 0 Å². The average molecular weight is 438 g/mol. The summed E-state index contributed by atoms with van der Waals surface area (Å²) in [7, 11) is 0. The molecule has 3 aliphatic rings. The lowest BCUT2D eigenvalue weighted by Crippen LogP contribution is -2.68. The summed E-state index contributed by atoms with van der Waals surface area (Å²) < 4.78 is 38.6. The van der Waals surface area contributed by atoms with Gasteiger partial charge in [-0.05, 0) is 43.9 Å². The van der Waals surface area contributed by atoms with Crippen LogP contribution < -0.4 is 10.6 Å². The Hall–Kier alpha value is -2.62. The van der Waals surface area contributed by atoms with Crippen molar-refractivity contribution < 1.29 is 27.6 Å². The van der Waals surface area contributed by atoms with Crippen LogP contribution in [0.15, 0.2) is 24.3 Å². The topological polar surface area (TPSA) is 81.8 Å². The zero-order valence-electron chi connectivity index (χ0n) is 17.0. The molecule has 0 spiro atoms. The van der Waals surface area contributed by atoms with Crippen LogP contribution in [0, 0.1) is 5.92 Å². The van der Waals surface area contributed by atoms with Crippen molar-refractivity contribution in [1.82, 2.24) is 20.4 Å². The molecule has 168 valence electrons. The zero-order chi connectivity index (χ0) is 22.2. The highest BCUT2D eigenvalue weighted by atomic mass is 19.4. The van der Waals surface area contributed by atoms with Gasteiger partial charge in [0, 0.05) is 19.1 Å². The number of hydrogen-bond acceptors (Lipinski definition) is 4. The molecule has 3 saturated heterocycles. The molecule has 0 aromatic heterocycles. The van der Waals surface area contributed by atoms with E-state index in [9.17, 15) is 27.6 Å². The third-order valence-electron chi connectivity index (χ3n) is 6.30. The van der Waals surface area contributed by atoms with Gasteiger partial charge in [-0.25, -0.2) is 4.79 Å². The van der Waals surface area contributed by atoms with Crippen molar-refractivity contribution in [3.8, 4) is 0 Å². The Morgan fingerprint density at radius 3 is 2.58 bits per heavy atom. The number of halogens is 3. The minimum Gasteiger partial charge on any atom is -0.342 e. The predicted molar refractivity (Wildman–Crippen MR) is 105 cm³/mol. The predicted octanol–water partition coefficient (Wildman–Crippen LogP) is 2.12. The van der Waals surface area contributed by atoms with Gasteiger partial charge in [0.1, 0.15) is 0 Å². The van der Waals surface area contributed by atoms with Crippen LogP contribution in [-0.4, -0.2) is 59.5 Å². The summed E-state index contributed by atoms with van der Waals surface area (Å²) >= 11 is 0. The molecule has 3 aliphatic heterocycles. The molecule has 0 bridgehead atoms. The number of alkyl halides is 3. The fourth-order valence-electron chi connectivity index (χ4n) is 4.65. The summed E-state index contributed by atoms with van der Waals surface area (Å²) in [4.78, 5) is 40.9. The summed E-state index contributed by atoms with van der Waals surface area (Å²) in [6.45, 7) is 1.47. The van der Waals surface area contributed by atoms with E-state index in [4.69, 9.17) is 0 Å². The second-order valence-electron chi connectivity index (χ2n) is 8.33. The Labute approximate surface area is 177 Å². The van der Waals surface area contributed by atoms with Crippen LogP contribution in [0.1, 0.15) is 36.8 Å². The third-order valence-corrected chi connectivity index (χ3v) is 6.30. The summed E-state index contributed by atoms with van der Waals surface area (Å²) in [5.74, 6) is -0.703. The van der Waals surface area contributed by atoms with Gasteiger partial charge < -0.3 is 10.2 Å². The number of amides is 4. The lowest BCUT2D eigenvalue weighted by Gasteiger charge is -2.45. The van der Waals surface area contributed by atoms with Crippen molar-refractivity contribution in [3.63, 3.8) is 0 Å². The standard InChI is InChI=1S/C21H25F3N4O3/c22-21(23,24)14-4-1-3-13(11-14)12-17(29)27-9-6-15(7-10-27)28-19(30)16-5-2-8-25-18(16)26-20(28)31/h1,3-4,11,15-16,18,25H,2,5-10,12H2,(H,26,31). The number of nitrogens with one attached hydrogen (secondary N) is 2. The molecular weight excluding hydrogens is 413 g/mol. The molecule has 4 amide bonds. The molecule has 1 aromatic carbocycles. The molecule has 2 atom stereocenters. The van der Waals surface area contributed by atoms with E-state index in [1.54, 1.807) is 4.90 Å². The van der Waals surface area contributed by atoms with E-state index in [-0.39, 0.29) is 36.4 Å². The first-order chi connectivity index (χ1) is 14.7. The van der Waals surface area contributed by atoms with E-state index in [0.717, 1.165) is 31.5 Å². The van der Waals surface area contributed by atoms with Gasteiger partial charge in [-0.1, -0.05) is 18.2 Å². The Bertz CT molecular complexity index is 868. The maximum absolute atomic E-state index is 12.9. The normalized spacial score (nSPS) is 25.3. The van der Waals surface area contributed by atoms with Gasteiger partial charge in [-0.15, -0.1) is 0 Å². The number of imide groups is 1. The maximum Gasteiger partial charge on any atom is 0.416 e. The first-order valence-corrected chi connectivity index (χ1v) is 10.5. The van der Waals surface area contributed by atoms with Crippen molar-refractivity contribution in [2.45, 2.75) is 50.5 Å². The number of nitrogens with zero attached hydrogens (tertiary/aromatic N) is 2. The van der Waals surface area contributed by atoms with Crippen LogP contribution >= 0.6 is 0 Å². The van der Waals surface area contributed by atoms with E-state index in [2.05, 4.69) is 10.6 Å². The lowest BCUT2D eigenvalue weighted by molar-refractivity contribution is -0.141. The monoisotopic (exact) mass is 438 g/mol. The van der Waals surface area contributed by atoms with Crippen LogP contribution in [-0.2, 0) is 22.2 Å². The summed E-state index contributed by atoms with van der Waals surface area (Å²) in [6.07, 6.45) is -2.38. The SMILES string of the molecule is O=C(Cc1cccc(C(F)(F)F)c1)N1CCC(N2C(=O)NC3NCCCC3C2=O)CC1. The van der Waals surface area contributed by atoms with Gasteiger partial charge in [0.25, 0.3) is 0 Å². The molecule has 31 heavy (non-hydrogen) atoms. The summed E-state index contributed by atoms with van der Waals surface area (Å²) in [6, 6.07) is 4.08. The summed E-state index contributed by atoms with van der Waals surface area (Å²) in [5, 5.41) is 6.02. The van der Waals surface area contributed by atoms with Gasteiger partial charge in [0.2, 0.25) is 11.8 Å². The number of fused-ring (bicyclic) bond motifs is 1. The first kappa shape index (κ1) is 21.6. The fourth-order valence-corrected chi connectivity index (χ4v) is 4.65. The van der Waals surface area contributed by atoms with Crippen LogP contribution in [0.3, 0.4) is 0 Å². The van der Waals surface area contributed by atoms with Crippen molar-refractivity contribution in [1.29, 1.82) is 0 Å². The molecule has 0 radical (unpaired) electrons. The van der Waals surface area contributed by atoms with Crippen LogP contribution in [0.2, 0.25) is 0 Å². The zero-order valence-corrected chi connectivity index (χ0v) is 17.0. The van der Waals surface area contributed by atoms with Crippen molar-refractivity contribution in [2.75, 3.05) is 19.6 Å². The number of rotatable bonds is 3. The molecule has 1 aromatic rings. The molecule has 4 rings (SSSR count). The van der Waals surface area contributed by atoms with Gasteiger partial charge in [0.15, 0.2) is 0 Å². The maximum atomic E-state index is 12.9. The fraction of sp³-hybridized carbons (Fsp3) is 0.571. The van der Waals surface area contributed by atoms with E-state index in [0.29, 0.717) is 31.5 Å². The molecule has 10 heteroatoms. The average Bonchev–Trinajstić information content (AvgIpc) is 2.74. The molecule has 7 nitrogen and oxygen atoms in total. The summed E-state index contributed by atoms with van der Waals surface area (Å²) in [5.41, 5.74) is -0.468. The molecular formula is C21H25F3N4O3. The molecule has 0 saturated carbocycles. The molecule has 3 fully saturated rings. The second kappa shape index (κ2) is 8.49. The Morgan fingerprint density at radius 1 is 1.13 bits per heavy atom. The number of piperidine rings is 2. The second-order valence-corrected chi connectivity index (χ2v) is 8.33. The van der Waals surface area contributed by atoms with E-state index >= 15 is 0 Å². The van der Waals surface area contributed by atoms with Gasteiger partial charge in [0.05, 0.1) is 24.1 Å². The van der Waals surface area contributed by atoms with E-state index < -0.39 is 17.8 Å². The Morgan fingerprint density at radius 2 is 1.87 bits per heavy atom. The highest BCUT2D eigenvalue weighted by Gasteiger charge is 2.45. The number of carbonyl (C=O) groups excluding carboxylic acids is 3. The minimum atomic E-state index is -4.45. The van der Waals surface area contributed by atoms with Crippen molar-refractivity contribution >= 4 is 17.8 Å². The minimum absolute atomic E-state index is 0.118. The van der Waals surface area contributed by atoms with Gasteiger partial charge in [-0.2, -0.15) is 13.2 Å². The molecule has 3 heterocycles. The lowest BCUT2D eigenvalue weighted by atomic mass is 9.90. The van der Waals surface area contributed by atoms with Crippen LogP contribution in [0.4, 0.5) is 18.0 Å². The quantitative estimate of drug-likeness (QED) is 0.758. The number of urea groups is 1. The number of hydrogen-bond donors (Lipinski definition) is 2. The van der Waals surface area contributed by atoms with E-state index in [1.807, 2.05) is 0 Å². The number of benzene rings is 1. The third kappa shape index (κ3) is 4.53. The Kier molecular flexibility index (Phi) is 5.92. The van der Waals surface area contributed by atoms with Crippen molar-refractivity contribution in [2.24, 2.45) is 5.92 Å². The number of carbonyl (C=O) groups is 3. The van der Waals surface area contributed by atoms with Crippen molar-refractivity contribution in [3.05, 3.63) is 35.4 Å². The molecule has 2 unspecified atom stereocenters.